The molecule has 21 heavy (non-hydrogen) atoms. The van der Waals surface area contributed by atoms with Crippen LogP contribution < -0.4 is 0 Å². The number of hydrogen-bond acceptors (Lipinski definition) is 1. The first-order valence-corrected chi connectivity index (χ1v) is 7.41. The summed E-state index contributed by atoms with van der Waals surface area (Å²) in [6.45, 7) is 0. The van der Waals surface area contributed by atoms with Gasteiger partial charge in [-0.25, -0.2) is 4.39 Å². The van der Waals surface area contributed by atoms with Gasteiger partial charge >= 0.3 is 0 Å². The monoisotopic (exact) mass is 362 g/mol. The Bertz CT molecular complexity index is 861. The number of carbonyl (C=O) groups excluding carboxylic acids is 1. The molecule has 0 unspecified atom stereocenters. The summed E-state index contributed by atoms with van der Waals surface area (Å²) in [5, 5.41) is 2.21. The molecule has 0 atom stereocenters. The highest BCUT2D eigenvalue weighted by Gasteiger charge is 2.14. The fraction of sp³-hybridized carbons (Fsp3) is 0. The Morgan fingerprint density at radius 3 is 2.43 bits per heavy atom. The largest absolute Gasteiger partial charge is 0.288 e. The Morgan fingerprint density at radius 2 is 1.67 bits per heavy atom. The number of carbonyl (C=O) groups is 1. The van der Waals surface area contributed by atoms with Gasteiger partial charge in [0.05, 0.1) is 5.56 Å². The number of rotatable bonds is 2. The van der Waals surface area contributed by atoms with Crippen molar-refractivity contribution in [3.8, 4) is 0 Å². The van der Waals surface area contributed by atoms with Crippen LogP contribution in [0, 0.1) is 5.82 Å². The maximum atomic E-state index is 13.8. The molecule has 0 fully saturated rings. The van der Waals surface area contributed by atoms with Gasteiger partial charge in [-0.2, -0.15) is 0 Å². The molecule has 0 aliphatic carbocycles. The lowest BCUT2D eigenvalue weighted by molar-refractivity contribution is 0.103. The first-order chi connectivity index (χ1) is 10.0. The maximum Gasteiger partial charge on any atom is 0.195 e. The van der Waals surface area contributed by atoms with Crippen LogP contribution in [0.25, 0.3) is 10.8 Å². The van der Waals surface area contributed by atoms with E-state index in [9.17, 15) is 9.18 Å². The molecule has 0 heterocycles. The summed E-state index contributed by atoms with van der Waals surface area (Å²) in [5.41, 5.74) is 0.474. The predicted octanol–water partition coefficient (Wildman–Crippen LogP) is 5.63. The molecule has 0 amide bonds. The summed E-state index contributed by atoms with van der Waals surface area (Å²) in [7, 11) is 0. The van der Waals surface area contributed by atoms with Gasteiger partial charge in [-0.1, -0.05) is 45.7 Å². The fourth-order valence-electron chi connectivity index (χ4n) is 2.19. The quantitative estimate of drug-likeness (QED) is 0.540. The minimum atomic E-state index is -0.608. The van der Waals surface area contributed by atoms with Crippen molar-refractivity contribution in [1.29, 1.82) is 0 Å². The van der Waals surface area contributed by atoms with Gasteiger partial charge in [0.15, 0.2) is 5.78 Å². The van der Waals surface area contributed by atoms with E-state index in [4.69, 9.17) is 11.6 Å². The van der Waals surface area contributed by atoms with Gasteiger partial charge in [0.1, 0.15) is 5.82 Å². The standard InChI is InChI=1S/C17H9BrClFO/c18-13-4-3-10-7-12(2-1-11(10)8-13)17(21)15-6-5-14(19)9-16(15)20/h1-9H. The van der Waals surface area contributed by atoms with Gasteiger partial charge in [-0.05, 0) is 47.2 Å². The Labute approximate surface area is 134 Å². The summed E-state index contributed by atoms with van der Waals surface area (Å²) < 4.78 is 14.8. The third-order valence-electron chi connectivity index (χ3n) is 3.24. The summed E-state index contributed by atoms with van der Waals surface area (Å²) in [5.74, 6) is -0.961. The average molecular weight is 364 g/mol. The van der Waals surface area contributed by atoms with Crippen molar-refractivity contribution in [2.75, 3.05) is 0 Å². The molecule has 3 aromatic carbocycles. The molecule has 0 bridgehead atoms. The molecule has 3 aromatic rings. The van der Waals surface area contributed by atoms with Crippen molar-refractivity contribution in [2.45, 2.75) is 0 Å². The lowest BCUT2D eigenvalue weighted by Gasteiger charge is -2.05. The second-order valence-electron chi connectivity index (χ2n) is 4.66. The van der Waals surface area contributed by atoms with E-state index in [2.05, 4.69) is 15.9 Å². The minimum absolute atomic E-state index is 0.0239. The third-order valence-corrected chi connectivity index (χ3v) is 3.97. The number of halogens is 3. The Kier molecular flexibility index (Phi) is 3.79. The van der Waals surface area contributed by atoms with E-state index >= 15 is 0 Å². The van der Waals surface area contributed by atoms with Crippen molar-refractivity contribution >= 4 is 44.1 Å². The van der Waals surface area contributed by atoms with Crippen LogP contribution in [0.15, 0.2) is 59.1 Å². The predicted molar refractivity (Wildman–Crippen MR) is 86.5 cm³/mol. The third kappa shape index (κ3) is 2.85. The summed E-state index contributed by atoms with van der Waals surface area (Å²) in [4.78, 5) is 12.4. The van der Waals surface area contributed by atoms with Crippen LogP contribution in [-0.4, -0.2) is 5.78 Å². The Balaban J connectivity index is 2.07. The topological polar surface area (TPSA) is 17.1 Å². The second-order valence-corrected chi connectivity index (χ2v) is 6.01. The van der Waals surface area contributed by atoms with Crippen LogP contribution in [-0.2, 0) is 0 Å². The highest BCUT2D eigenvalue weighted by Crippen LogP contribution is 2.23. The van der Waals surface area contributed by atoms with Crippen LogP contribution >= 0.6 is 27.5 Å². The van der Waals surface area contributed by atoms with Gasteiger partial charge in [-0.3, -0.25) is 4.79 Å². The first-order valence-electron chi connectivity index (χ1n) is 6.24. The highest BCUT2D eigenvalue weighted by atomic mass is 79.9. The van der Waals surface area contributed by atoms with E-state index in [0.717, 1.165) is 21.3 Å². The van der Waals surface area contributed by atoms with Crippen molar-refractivity contribution < 1.29 is 9.18 Å². The van der Waals surface area contributed by atoms with E-state index < -0.39 is 5.82 Å². The zero-order valence-electron chi connectivity index (χ0n) is 10.7. The molecule has 0 N–H and O–H groups in total. The van der Waals surface area contributed by atoms with Crippen molar-refractivity contribution in [2.24, 2.45) is 0 Å². The van der Waals surface area contributed by atoms with Crippen LogP contribution in [0.3, 0.4) is 0 Å². The molecule has 0 saturated carbocycles. The average Bonchev–Trinajstić information content (AvgIpc) is 2.46. The van der Waals surface area contributed by atoms with Crippen LogP contribution in [0.4, 0.5) is 4.39 Å². The zero-order chi connectivity index (χ0) is 15.0. The number of hydrogen-bond donors (Lipinski definition) is 0. The molecule has 3 rings (SSSR count). The lowest BCUT2D eigenvalue weighted by Crippen LogP contribution is -2.04. The molecule has 0 aromatic heterocycles. The van der Waals surface area contributed by atoms with Crippen LogP contribution in [0.5, 0.6) is 0 Å². The van der Waals surface area contributed by atoms with Gasteiger partial charge in [0.25, 0.3) is 0 Å². The van der Waals surface area contributed by atoms with E-state index in [1.807, 2.05) is 24.3 Å². The molecular weight excluding hydrogens is 355 g/mol. The van der Waals surface area contributed by atoms with Gasteiger partial charge < -0.3 is 0 Å². The van der Waals surface area contributed by atoms with Crippen LogP contribution in [0.2, 0.25) is 5.02 Å². The second kappa shape index (κ2) is 5.58. The molecule has 4 heteroatoms. The van der Waals surface area contributed by atoms with Crippen molar-refractivity contribution in [1.82, 2.24) is 0 Å². The van der Waals surface area contributed by atoms with Crippen molar-refractivity contribution in [3.63, 3.8) is 0 Å². The Morgan fingerprint density at radius 1 is 0.952 bits per heavy atom. The molecule has 0 saturated heterocycles. The highest BCUT2D eigenvalue weighted by molar-refractivity contribution is 9.10. The van der Waals surface area contributed by atoms with E-state index in [1.54, 1.807) is 12.1 Å². The van der Waals surface area contributed by atoms with E-state index in [-0.39, 0.29) is 16.4 Å². The Hall–Kier alpha value is -1.71. The van der Waals surface area contributed by atoms with E-state index in [0.29, 0.717) is 5.56 Å². The first kappa shape index (κ1) is 14.2. The van der Waals surface area contributed by atoms with Gasteiger partial charge in [0, 0.05) is 15.1 Å². The number of ketones is 1. The fourth-order valence-corrected chi connectivity index (χ4v) is 2.72. The van der Waals surface area contributed by atoms with E-state index in [1.165, 1.54) is 12.1 Å². The molecule has 1 nitrogen and oxygen atoms in total. The molecule has 0 aliphatic heterocycles. The number of fused-ring (bicyclic) bond motifs is 1. The van der Waals surface area contributed by atoms with Crippen LogP contribution in [0.1, 0.15) is 15.9 Å². The number of benzene rings is 3. The molecule has 0 radical (unpaired) electrons. The molecular formula is C17H9BrClFO. The minimum Gasteiger partial charge on any atom is -0.288 e. The maximum absolute atomic E-state index is 13.8. The zero-order valence-corrected chi connectivity index (χ0v) is 13.1. The molecule has 0 spiro atoms. The SMILES string of the molecule is O=C(c1ccc2cc(Br)ccc2c1)c1ccc(Cl)cc1F. The van der Waals surface area contributed by atoms with Gasteiger partial charge in [-0.15, -0.1) is 0 Å². The van der Waals surface area contributed by atoms with Crippen molar-refractivity contribution in [3.05, 3.63) is 81.0 Å². The lowest BCUT2D eigenvalue weighted by atomic mass is 10.00. The van der Waals surface area contributed by atoms with Gasteiger partial charge in [0.2, 0.25) is 0 Å². The smallest absolute Gasteiger partial charge is 0.195 e. The summed E-state index contributed by atoms with van der Waals surface area (Å²) in [6.07, 6.45) is 0. The molecule has 0 aliphatic rings. The normalized spacial score (nSPS) is 10.8. The summed E-state index contributed by atoms with van der Waals surface area (Å²) in [6, 6.07) is 15.2. The summed E-state index contributed by atoms with van der Waals surface area (Å²) >= 11 is 9.11. The molecule has 104 valence electrons.